The van der Waals surface area contributed by atoms with Crippen molar-refractivity contribution in [2.75, 3.05) is 29.1 Å². The van der Waals surface area contributed by atoms with E-state index in [0.717, 1.165) is 10.8 Å². The van der Waals surface area contributed by atoms with Crippen LogP contribution in [-0.4, -0.2) is 58.3 Å². The van der Waals surface area contributed by atoms with Crippen molar-refractivity contribution < 1.29 is 29.3 Å². The number of aromatic nitrogens is 1. The molecule has 32 heavy (non-hydrogen) atoms. The molecule has 0 radical (unpaired) electrons. The predicted molar refractivity (Wildman–Crippen MR) is 117 cm³/mol. The highest BCUT2D eigenvalue weighted by Crippen LogP contribution is 2.25. The summed E-state index contributed by atoms with van der Waals surface area (Å²) in [5.41, 5.74) is 7.25. The lowest BCUT2D eigenvalue weighted by Gasteiger charge is -2.34. The van der Waals surface area contributed by atoms with Crippen LogP contribution in [0.5, 0.6) is 0 Å². The first kappa shape index (κ1) is 21.3. The summed E-state index contributed by atoms with van der Waals surface area (Å²) >= 11 is 0. The number of aromatic amines is 1. The van der Waals surface area contributed by atoms with Gasteiger partial charge in [-0.05, 0) is 35.9 Å². The fourth-order valence-corrected chi connectivity index (χ4v) is 3.69. The highest BCUT2D eigenvalue weighted by molar-refractivity contribution is 6.04. The van der Waals surface area contributed by atoms with Crippen molar-refractivity contribution in [2.24, 2.45) is 0 Å². The number of amides is 2. The van der Waals surface area contributed by atoms with Gasteiger partial charge in [-0.2, -0.15) is 0 Å². The van der Waals surface area contributed by atoms with E-state index in [-0.39, 0.29) is 19.6 Å². The molecule has 2 heterocycles. The normalized spacial score (nSPS) is 17.3. The largest absolute Gasteiger partial charge is 0.481 e. The summed E-state index contributed by atoms with van der Waals surface area (Å²) < 4.78 is 5.41. The number of morpholine rings is 1. The zero-order valence-corrected chi connectivity index (χ0v) is 16.9. The maximum Gasteiger partial charge on any atom is 0.307 e. The van der Waals surface area contributed by atoms with Crippen LogP contribution in [0.4, 0.5) is 17.2 Å². The fourth-order valence-electron chi connectivity index (χ4n) is 3.69. The average molecular weight is 438 g/mol. The van der Waals surface area contributed by atoms with Crippen molar-refractivity contribution in [2.45, 2.75) is 18.6 Å². The molecule has 1 aromatic heterocycles. The molecule has 6 N–H and O–H groups in total. The number of nitrogens with two attached hydrogens (primary N) is 1. The van der Waals surface area contributed by atoms with Gasteiger partial charge in [0.2, 0.25) is 0 Å². The van der Waals surface area contributed by atoms with Crippen molar-refractivity contribution in [1.82, 2.24) is 4.98 Å². The Morgan fingerprint density at radius 1 is 1.28 bits per heavy atom. The van der Waals surface area contributed by atoms with Gasteiger partial charge in [0.25, 0.3) is 11.8 Å². The summed E-state index contributed by atoms with van der Waals surface area (Å²) in [5.74, 6) is -1.85. The molecule has 166 valence electrons. The molecule has 2 aromatic carbocycles. The van der Waals surface area contributed by atoms with Crippen LogP contribution in [0.3, 0.4) is 0 Å². The fraction of sp³-hybridized carbons (Fsp3) is 0.227. The van der Waals surface area contributed by atoms with E-state index < -0.39 is 30.0 Å². The average Bonchev–Trinajstić information content (AvgIpc) is 3.13. The van der Waals surface area contributed by atoms with Crippen molar-refractivity contribution in [3.05, 3.63) is 54.2 Å². The number of aliphatic hydroxyl groups is 1. The van der Waals surface area contributed by atoms with Crippen LogP contribution >= 0.6 is 0 Å². The first-order valence-corrected chi connectivity index (χ1v) is 9.93. The van der Waals surface area contributed by atoms with Crippen LogP contribution in [0, 0.1) is 0 Å². The van der Waals surface area contributed by atoms with Crippen LogP contribution in [0.15, 0.2) is 48.7 Å². The van der Waals surface area contributed by atoms with E-state index in [4.69, 9.17) is 15.6 Å². The Hall–Kier alpha value is -3.89. The molecule has 1 saturated heterocycles. The molecule has 1 aliphatic rings. The number of nitrogens with one attached hydrogen (secondary N) is 2. The summed E-state index contributed by atoms with van der Waals surface area (Å²) in [4.78, 5) is 40.8. The topological polar surface area (TPSA) is 158 Å². The number of nitrogens with zero attached hydrogens (tertiary/aromatic N) is 1. The smallest absolute Gasteiger partial charge is 0.307 e. The van der Waals surface area contributed by atoms with Gasteiger partial charge in [-0.15, -0.1) is 0 Å². The molecule has 0 aliphatic carbocycles. The van der Waals surface area contributed by atoms with Gasteiger partial charge in [0.1, 0.15) is 5.82 Å². The number of aliphatic carboxylic acids is 1. The summed E-state index contributed by atoms with van der Waals surface area (Å²) in [5, 5.41) is 23.7. The Balaban J connectivity index is 1.47. The number of fused-ring (bicyclic) bond motifs is 1. The highest BCUT2D eigenvalue weighted by Gasteiger charge is 2.39. The second kappa shape index (κ2) is 8.69. The lowest BCUT2D eigenvalue weighted by atomic mass is 10.1. The number of carbonyl (C=O) groups is 3. The van der Waals surface area contributed by atoms with Gasteiger partial charge in [-0.25, -0.2) is 0 Å². The van der Waals surface area contributed by atoms with E-state index in [0.29, 0.717) is 22.8 Å². The van der Waals surface area contributed by atoms with Gasteiger partial charge >= 0.3 is 5.97 Å². The van der Waals surface area contributed by atoms with Crippen LogP contribution in [0.25, 0.3) is 10.8 Å². The molecule has 0 saturated carbocycles. The number of hydrogen-bond acceptors (Lipinski definition) is 6. The summed E-state index contributed by atoms with van der Waals surface area (Å²) in [6.45, 7) is 0.324. The van der Waals surface area contributed by atoms with E-state index in [9.17, 15) is 19.5 Å². The van der Waals surface area contributed by atoms with E-state index >= 15 is 0 Å². The standard InChI is InChI=1S/C22H22N4O6/c23-20-16-5-4-14(10-13(16)11-24-20)25-21(30)18(29)19-22(31)26(6-7-32-19)15-3-1-2-12(8-15)9-17(27)28/h1-5,8,10-11,18-19,24,29H,6-7,9,23H2,(H,25,30)(H,27,28)/t18-,19-/m1/s1. The summed E-state index contributed by atoms with van der Waals surface area (Å²) in [6, 6.07) is 11.6. The SMILES string of the molecule is Nc1[nH]cc2cc(NC(=O)[C@H](O)[C@H]3OCCN(c4cccc(CC(=O)O)c4)C3=O)ccc12. The van der Waals surface area contributed by atoms with Gasteiger partial charge in [0.05, 0.1) is 13.0 Å². The molecule has 2 amide bonds. The number of H-pyrrole nitrogens is 1. The summed E-state index contributed by atoms with van der Waals surface area (Å²) in [7, 11) is 0. The van der Waals surface area contributed by atoms with Crippen molar-refractivity contribution >= 4 is 45.7 Å². The number of ether oxygens (including phenoxy) is 1. The van der Waals surface area contributed by atoms with Gasteiger partial charge in [0, 0.05) is 34.9 Å². The third-order valence-corrected chi connectivity index (χ3v) is 5.25. The number of carbonyl (C=O) groups excluding carboxylic acids is 2. The molecule has 4 rings (SSSR count). The molecule has 10 heteroatoms. The molecule has 0 bridgehead atoms. The van der Waals surface area contributed by atoms with Gasteiger partial charge < -0.3 is 35.9 Å². The number of carboxylic acid groups (broad SMARTS) is 1. The summed E-state index contributed by atoms with van der Waals surface area (Å²) in [6.07, 6.45) is -1.61. The lowest BCUT2D eigenvalue weighted by Crippen LogP contribution is -2.55. The third kappa shape index (κ3) is 4.27. The lowest BCUT2D eigenvalue weighted by molar-refractivity contribution is -0.150. The Morgan fingerprint density at radius 3 is 2.88 bits per heavy atom. The van der Waals surface area contributed by atoms with E-state index in [1.165, 1.54) is 4.90 Å². The Bertz CT molecular complexity index is 1190. The predicted octanol–water partition coefficient (Wildman–Crippen LogP) is 1.11. The first-order valence-electron chi connectivity index (χ1n) is 9.93. The molecule has 1 fully saturated rings. The second-order valence-electron chi connectivity index (χ2n) is 7.46. The van der Waals surface area contributed by atoms with Crippen molar-refractivity contribution in [1.29, 1.82) is 0 Å². The minimum Gasteiger partial charge on any atom is -0.481 e. The monoisotopic (exact) mass is 438 g/mol. The molecule has 10 nitrogen and oxygen atoms in total. The first-order chi connectivity index (χ1) is 15.3. The molecule has 0 spiro atoms. The Kier molecular flexibility index (Phi) is 5.80. The minimum atomic E-state index is -1.74. The van der Waals surface area contributed by atoms with Crippen LogP contribution in [-0.2, 0) is 25.5 Å². The molecular formula is C22H22N4O6. The number of nitrogen functional groups attached to an aromatic ring is 1. The van der Waals surface area contributed by atoms with Crippen LogP contribution < -0.4 is 16.0 Å². The molecule has 1 aliphatic heterocycles. The van der Waals surface area contributed by atoms with Crippen LogP contribution in [0.1, 0.15) is 5.56 Å². The number of benzene rings is 2. The minimum absolute atomic E-state index is 0.110. The van der Waals surface area contributed by atoms with E-state index in [1.54, 1.807) is 48.7 Å². The number of anilines is 3. The Labute approximate surface area is 182 Å². The van der Waals surface area contributed by atoms with Crippen molar-refractivity contribution in [3.63, 3.8) is 0 Å². The quantitative estimate of drug-likeness (QED) is 0.386. The molecule has 3 aromatic rings. The van der Waals surface area contributed by atoms with E-state index in [2.05, 4.69) is 10.3 Å². The van der Waals surface area contributed by atoms with Crippen molar-refractivity contribution in [3.8, 4) is 0 Å². The van der Waals surface area contributed by atoms with Gasteiger partial charge in [-0.3, -0.25) is 14.4 Å². The molecule has 0 unspecified atom stereocenters. The maximum absolute atomic E-state index is 13.0. The maximum atomic E-state index is 13.0. The third-order valence-electron chi connectivity index (χ3n) is 5.25. The zero-order valence-electron chi connectivity index (χ0n) is 16.9. The van der Waals surface area contributed by atoms with Crippen LogP contribution in [0.2, 0.25) is 0 Å². The highest BCUT2D eigenvalue weighted by atomic mass is 16.5. The van der Waals surface area contributed by atoms with E-state index in [1.807, 2.05) is 0 Å². The van der Waals surface area contributed by atoms with Gasteiger partial charge in [-0.1, -0.05) is 12.1 Å². The number of carboxylic acids is 1. The number of rotatable bonds is 6. The Morgan fingerprint density at radius 2 is 2.09 bits per heavy atom. The zero-order chi connectivity index (χ0) is 22.8. The van der Waals surface area contributed by atoms with Gasteiger partial charge in [0.15, 0.2) is 12.2 Å². The number of hydrogen-bond donors (Lipinski definition) is 5. The number of aliphatic hydroxyl groups excluding tert-OH is 1. The molecule has 2 atom stereocenters. The molecular weight excluding hydrogens is 416 g/mol. The second-order valence-corrected chi connectivity index (χ2v) is 7.46.